The number of nitrogens with zero attached hydrogens (tertiary/aromatic N) is 2. The summed E-state index contributed by atoms with van der Waals surface area (Å²) in [6.45, 7) is 1.89. The fraction of sp³-hybridized carbons (Fsp3) is 0.333. The molecule has 0 saturated carbocycles. The van der Waals surface area contributed by atoms with E-state index in [1.54, 1.807) is 13.2 Å². The molecule has 4 nitrogen and oxygen atoms in total. The van der Waals surface area contributed by atoms with Crippen LogP contribution in [-0.4, -0.2) is 17.1 Å². The minimum Gasteiger partial charge on any atom is -0.481 e. The largest absolute Gasteiger partial charge is 0.481 e. The van der Waals surface area contributed by atoms with Gasteiger partial charge in [0.25, 0.3) is 0 Å². The number of hydrogen-bond donors (Lipinski definition) is 0. The van der Waals surface area contributed by atoms with E-state index in [1.165, 1.54) is 6.33 Å². The minimum absolute atomic E-state index is 0.233. The summed E-state index contributed by atoms with van der Waals surface area (Å²) < 4.78 is 10.5. The maximum atomic E-state index is 6.25. The van der Waals surface area contributed by atoms with Crippen LogP contribution in [0.4, 0.5) is 0 Å². The van der Waals surface area contributed by atoms with Gasteiger partial charge in [0, 0.05) is 18.2 Å². The van der Waals surface area contributed by atoms with Gasteiger partial charge in [0.2, 0.25) is 5.88 Å². The molecule has 2 heterocycles. The molecule has 5 heteroatoms. The van der Waals surface area contributed by atoms with Crippen LogP contribution < -0.4 is 4.74 Å². The Morgan fingerprint density at radius 3 is 2.88 bits per heavy atom. The quantitative estimate of drug-likeness (QED) is 0.785. The van der Waals surface area contributed by atoms with Gasteiger partial charge in [-0.25, -0.2) is 9.97 Å². The average molecular weight is 253 g/mol. The maximum absolute atomic E-state index is 6.25. The molecule has 0 spiro atoms. The lowest BCUT2D eigenvalue weighted by molar-refractivity contribution is 0.395. The Hall–Kier alpha value is -1.55. The van der Waals surface area contributed by atoms with Crippen LogP contribution in [0.2, 0.25) is 0 Å². The Morgan fingerprint density at radius 1 is 1.41 bits per heavy atom. The zero-order valence-electron chi connectivity index (χ0n) is 9.68. The van der Waals surface area contributed by atoms with Crippen molar-refractivity contribution in [3.05, 3.63) is 41.7 Å². The monoisotopic (exact) mass is 252 g/mol. The lowest BCUT2D eigenvalue weighted by atomic mass is 10.2. The van der Waals surface area contributed by atoms with E-state index in [2.05, 4.69) is 9.97 Å². The number of hydrogen-bond acceptors (Lipinski definition) is 4. The van der Waals surface area contributed by atoms with Gasteiger partial charge >= 0.3 is 0 Å². The highest BCUT2D eigenvalue weighted by molar-refractivity contribution is 6.20. The molecular formula is C12H13ClN2O2. The molecule has 0 radical (unpaired) electrons. The average Bonchev–Trinajstić information content (AvgIpc) is 2.76. The number of methoxy groups -OCH3 is 1. The van der Waals surface area contributed by atoms with E-state index < -0.39 is 0 Å². The molecule has 17 heavy (non-hydrogen) atoms. The Bertz CT molecular complexity index is 499. The summed E-state index contributed by atoms with van der Waals surface area (Å²) in [5, 5.41) is -0.233. The number of aryl methyl sites for hydroxylation is 1. The SMILES string of the molecule is COc1cc(CC(Cl)c2ccc(C)o2)ncn1. The Balaban J connectivity index is 2.09. The molecule has 0 N–H and O–H groups in total. The third kappa shape index (κ3) is 2.97. The topological polar surface area (TPSA) is 48.2 Å². The van der Waals surface area contributed by atoms with Crippen molar-refractivity contribution in [2.45, 2.75) is 18.7 Å². The summed E-state index contributed by atoms with van der Waals surface area (Å²) in [5.41, 5.74) is 0.825. The molecule has 2 rings (SSSR count). The van der Waals surface area contributed by atoms with Crippen molar-refractivity contribution in [1.82, 2.24) is 9.97 Å². The Kier molecular flexibility index (Phi) is 3.64. The molecule has 0 aliphatic heterocycles. The summed E-state index contributed by atoms with van der Waals surface area (Å²) in [7, 11) is 1.57. The van der Waals surface area contributed by atoms with Crippen molar-refractivity contribution in [3.8, 4) is 5.88 Å². The van der Waals surface area contributed by atoms with Gasteiger partial charge in [-0.15, -0.1) is 11.6 Å². The molecule has 1 atom stereocenters. The van der Waals surface area contributed by atoms with Crippen LogP contribution in [0.3, 0.4) is 0 Å². The normalized spacial score (nSPS) is 12.4. The number of ether oxygens (including phenoxy) is 1. The van der Waals surface area contributed by atoms with E-state index in [4.69, 9.17) is 20.8 Å². The van der Waals surface area contributed by atoms with Gasteiger partial charge < -0.3 is 9.15 Å². The molecule has 0 aliphatic carbocycles. The van der Waals surface area contributed by atoms with Crippen LogP contribution in [0.15, 0.2) is 28.9 Å². The molecule has 0 saturated heterocycles. The standard InChI is InChI=1S/C12H13ClN2O2/c1-8-3-4-11(17-8)10(13)5-9-6-12(16-2)15-7-14-9/h3-4,6-7,10H,5H2,1-2H3. The summed E-state index contributed by atoms with van der Waals surface area (Å²) >= 11 is 6.25. The van der Waals surface area contributed by atoms with Crippen LogP contribution in [0, 0.1) is 6.92 Å². The van der Waals surface area contributed by atoms with Crippen molar-refractivity contribution < 1.29 is 9.15 Å². The first-order chi connectivity index (χ1) is 8.19. The molecule has 0 fully saturated rings. The predicted molar refractivity (Wildman–Crippen MR) is 64.3 cm³/mol. The van der Waals surface area contributed by atoms with E-state index in [1.807, 2.05) is 19.1 Å². The van der Waals surface area contributed by atoms with Crippen LogP contribution in [0.5, 0.6) is 5.88 Å². The fourth-order valence-electron chi connectivity index (χ4n) is 1.51. The molecule has 2 aromatic heterocycles. The zero-order valence-corrected chi connectivity index (χ0v) is 10.4. The van der Waals surface area contributed by atoms with Crippen molar-refractivity contribution >= 4 is 11.6 Å². The molecule has 0 aromatic carbocycles. The highest BCUT2D eigenvalue weighted by atomic mass is 35.5. The smallest absolute Gasteiger partial charge is 0.216 e. The molecular weight excluding hydrogens is 240 g/mol. The van der Waals surface area contributed by atoms with Gasteiger partial charge in [-0.05, 0) is 19.1 Å². The minimum atomic E-state index is -0.233. The molecule has 90 valence electrons. The summed E-state index contributed by atoms with van der Waals surface area (Å²) in [6.07, 6.45) is 2.04. The van der Waals surface area contributed by atoms with Crippen LogP contribution in [0.25, 0.3) is 0 Å². The van der Waals surface area contributed by atoms with Crippen molar-refractivity contribution in [2.75, 3.05) is 7.11 Å². The van der Waals surface area contributed by atoms with Gasteiger partial charge in [0.15, 0.2) is 0 Å². The predicted octanol–water partition coefficient (Wildman–Crippen LogP) is 2.91. The third-order valence-electron chi connectivity index (χ3n) is 2.37. The Morgan fingerprint density at radius 2 is 2.24 bits per heavy atom. The summed E-state index contributed by atoms with van der Waals surface area (Å²) in [4.78, 5) is 8.08. The first kappa shape index (κ1) is 11.9. The fourth-order valence-corrected chi connectivity index (χ4v) is 1.78. The van der Waals surface area contributed by atoms with E-state index in [9.17, 15) is 0 Å². The second kappa shape index (κ2) is 5.19. The van der Waals surface area contributed by atoms with Gasteiger partial charge in [0.1, 0.15) is 17.8 Å². The second-order valence-electron chi connectivity index (χ2n) is 3.67. The van der Waals surface area contributed by atoms with Crippen LogP contribution in [-0.2, 0) is 6.42 Å². The molecule has 0 bridgehead atoms. The number of rotatable bonds is 4. The maximum Gasteiger partial charge on any atom is 0.216 e. The molecule has 1 unspecified atom stereocenters. The van der Waals surface area contributed by atoms with E-state index >= 15 is 0 Å². The highest BCUT2D eigenvalue weighted by Gasteiger charge is 2.14. The Labute approximate surface area is 105 Å². The van der Waals surface area contributed by atoms with Gasteiger partial charge in [-0.3, -0.25) is 0 Å². The number of furan rings is 1. The summed E-state index contributed by atoms with van der Waals surface area (Å²) in [5.74, 6) is 2.14. The van der Waals surface area contributed by atoms with Crippen molar-refractivity contribution in [1.29, 1.82) is 0 Å². The zero-order chi connectivity index (χ0) is 12.3. The number of halogens is 1. The first-order valence-corrected chi connectivity index (χ1v) is 5.68. The van der Waals surface area contributed by atoms with E-state index in [0.717, 1.165) is 17.2 Å². The van der Waals surface area contributed by atoms with Gasteiger partial charge in [-0.1, -0.05) is 0 Å². The van der Waals surface area contributed by atoms with Crippen LogP contribution >= 0.6 is 11.6 Å². The van der Waals surface area contributed by atoms with E-state index in [-0.39, 0.29) is 5.38 Å². The first-order valence-electron chi connectivity index (χ1n) is 5.24. The number of aromatic nitrogens is 2. The highest BCUT2D eigenvalue weighted by Crippen LogP contribution is 2.26. The second-order valence-corrected chi connectivity index (χ2v) is 4.20. The van der Waals surface area contributed by atoms with Crippen molar-refractivity contribution in [2.24, 2.45) is 0 Å². The van der Waals surface area contributed by atoms with Crippen LogP contribution in [0.1, 0.15) is 22.6 Å². The third-order valence-corrected chi connectivity index (χ3v) is 2.74. The van der Waals surface area contributed by atoms with Crippen molar-refractivity contribution in [3.63, 3.8) is 0 Å². The molecule has 0 amide bonds. The van der Waals surface area contributed by atoms with Gasteiger partial charge in [-0.2, -0.15) is 0 Å². The lowest BCUT2D eigenvalue weighted by Gasteiger charge is -2.06. The van der Waals surface area contributed by atoms with Gasteiger partial charge in [0.05, 0.1) is 12.5 Å². The lowest BCUT2D eigenvalue weighted by Crippen LogP contribution is -1.99. The number of alkyl halides is 1. The van der Waals surface area contributed by atoms with E-state index in [0.29, 0.717) is 12.3 Å². The summed E-state index contributed by atoms with van der Waals surface area (Å²) in [6, 6.07) is 5.54. The molecule has 2 aromatic rings. The molecule has 0 aliphatic rings.